The molecular formula is C18H27N5O7. The van der Waals surface area contributed by atoms with Crippen molar-refractivity contribution in [3.63, 3.8) is 0 Å². The van der Waals surface area contributed by atoms with Gasteiger partial charge < -0.3 is 36.4 Å². The number of hydrogen-bond donors (Lipinski definition) is 4. The molecule has 2 spiro atoms. The summed E-state index contributed by atoms with van der Waals surface area (Å²) in [7, 11) is 0. The summed E-state index contributed by atoms with van der Waals surface area (Å²) >= 11 is 0. The van der Waals surface area contributed by atoms with E-state index in [0.717, 1.165) is 9.80 Å². The van der Waals surface area contributed by atoms with E-state index in [4.69, 9.17) is 11.5 Å². The summed E-state index contributed by atoms with van der Waals surface area (Å²) in [5.74, 6) is -3.17. The summed E-state index contributed by atoms with van der Waals surface area (Å²) in [5.41, 5.74) is 8.22. The number of aliphatic hydroxyl groups is 2. The minimum absolute atomic E-state index is 0.0147. The lowest BCUT2D eigenvalue weighted by atomic mass is 9.70. The Labute approximate surface area is 172 Å². The van der Waals surface area contributed by atoms with Gasteiger partial charge in [0.1, 0.15) is 17.6 Å². The first-order valence-corrected chi connectivity index (χ1v) is 9.64. The summed E-state index contributed by atoms with van der Waals surface area (Å²) in [6, 6.07) is -2.44. The first-order valence-electron chi connectivity index (χ1n) is 9.64. The third kappa shape index (κ3) is 2.85. The number of carbonyl (C=O) groups is 5. The molecule has 3 heterocycles. The number of carbonyl (C=O) groups excluding carboxylic acids is 5. The minimum Gasteiger partial charge on any atom is -0.391 e. The Hall–Kier alpha value is -2.73. The molecule has 0 radical (unpaired) electrons. The van der Waals surface area contributed by atoms with Gasteiger partial charge in [-0.2, -0.15) is 0 Å². The third-order valence-electron chi connectivity index (χ3n) is 6.44. The van der Waals surface area contributed by atoms with E-state index >= 15 is 0 Å². The van der Waals surface area contributed by atoms with Crippen LogP contribution in [0.2, 0.25) is 0 Å². The minimum atomic E-state index is -1.32. The normalized spacial score (nSPS) is 32.0. The number of nitrogens with two attached hydrogens (primary N) is 2. The van der Waals surface area contributed by atoms with Crippen LogP contribution in [-0.2, 0) is 24.0 Å². The van der Waals surface area contributed by atoms with Gasteiger partial charge in [-0.25, -0.2) is 0 Å². The quantitative estimate of drug-likeness (QED) is 0.313. The molecule has 166 valence electrons. The molecule has 3 aliphatic heterocycles. The maximum absolute atomic E-state index is 13.1. The van der Waals surface area contributed by atoms with Crippen molar-refractivity contribution >= 4 is 29.5 Å². The average molecular weight is 425 g/mol. The monoisotopic (exact) mass is 425 g/mol. The smallest absolute Gasteiger partial charge is 0.251 e. The molecule has 0 aliphatic carbocycles. The average Bonchev–Trinajstić information content (AvgIpc) is 2.99. The molecule has 0 aromatic carbocycles. The van der Waals surface area contributed by atoms with Crippen LogP contribution in [-0.4, -0.2) is 104 Å². The highest BCUT2D eigenvalue weighted by molar-refractivity contribution is 6.03. The SMILES string of the molecule is CC(=O)N1CC2(CN([C@H](C(N)=O)[C@@H](C)O)C2=O)C[C@]12CN([C@H](C(N)=O)[C@@H](C)O)C2=O. The molecule has 0 aromatic rings. The van der Waals surface area contributed by atoms with E-state index in [-0.39, 0.29) is 26.1 Å². The predicted octanol–water partition coefficient (Wildman–Crippen LogP) is -3.88. The molecule has 6 N–H and O–H groups in total. The zero-order valence-corrected chi connectivity index (χ0v) is 17.1. The number of nitrogens with zero attached hydrogens (tertiary/aromatic N) is 3. The molecule has 3 rings (SSSR count). The Bertz CT molecular complexity index is 830. The number of primary amides is 2. The van der Waals surface area contributed by atoms with Crippen LogP contribution in [0.3, 0.4) is 0 Å². The van der Waals surface area contributed by atoms with E-state index in [0.29, 0.717) is 0 Å². The Morgan fingerprint density at radius 2 is 1.37 bits per heavy atom. The van der Waals surface area contributed by atoms with Crippen molar-refractivity contribution in [2.45, 2.75) is 57.0 Å². The standard InChI is InChI=1S/C18H27N5O7/c1-8(24)11(13(19)27)21-5-17(15(21)29)4-18(23(6-17)10(3)26)7-22(16(18)30)12(9(2)25)14(20)28/h8-9,11-12,24-25H,4-7H2,1-3H3,(H2,19,27)(H2,20,28)/t8-,9-,11+,12+,17?,18-/m1/s1. The van der Waals surface area contributed by atoms with Crippen molar-refractivity contribution in [2.75, 3.05) is 19.6 Å². The topological polar surface area (TPSA) is 188 Å². The molecule has 12 heteroatoms. The van der Waals surface area contributed by atoms with E-state index in [2.05, 4.69) is 0 Å². The first-order chi connectivity index (χ1) is 13.8. The summed E-state index contributed by atoms with van der Waals surface area (Å²) in [6.45, 7) is 3.94. The van der Waals surface area contributed by atoms with Crippen molar-refractivity contribution in [1.82, 2.24) is 14.7 Å². The molecule has 3 fully saturated rings. The van der Waals surface area contributed by atoms with Crippen LogP contribution in [0.25, 0.3) is 0 Å². The number of hydrogen-bond acceptors (Lipinski definition) is 7. The summed E-state index contributed by atoms with van der Waals surface area (Å²) in [6.07, 6.45) is -2.36. The first kappa shape index (κ1) is 22.0. The van der Waals surface area contributed by atoms with Crippen molar-refractivity contribution < 1.29 is 34.2 Å². The van der Waals surface area contributed by atoms with Crippen LogP contribution in [0.4, 0.5) is 0 Å². The molecule has 12 nitrogen and oxygen atoms in total. The molecule has 30 heavy (non-hydrogen) atoms. The van der Waals surface area contributed by atoms with Crippen molar-refractivity contribution in [3.05, 3.63) is 0 Å². The maximum Gasteiger partial charge on any atom is 0.251 e. The number of amides is 5. The number of likely N-dealkylation sites (tertiary alicyclic amines) is 3. The van der Waals surface area contributed by atoms with Gasteiger partial charge >= 0.3 is 0 Å². The van der Waals surface area contributed by atoms with Crippen LogP contribution < -0.4 is 11.5 Å². The van der Waals surface area contributed by atoms with Crippen molar-refractivity contribution in [2.24, 2.45) is 16.9 Å². The third-order valence-corrected chi connectivity index (χ3v) is 6.44. The van der Waals surface area contributed by atoms with E-state index in [1.54, 1.807) is 0 Å². The zero-order valence-electron chi connectivity index (χ0n) is 17.1. The molecule has 5 amide bonds. The van der Waals surface area contributed by atoms with E-state index in [1.165, 1.54) is 25.7 Å². The molecule has 3 aliphatic rings. The van der Waals surface area contributed by atoms with Gasteiger partial charge in [0.25, 0.3) is 5.91 Å². The van der Waals surface area contributed by atoms with Gasteiger partial charge in [-0.3, -0.25) is 24.0 Å². The summed E-state index contributed by atoms with van der Waals surface area (Å²) < 4.78 is 0. The van der Waals surface area contributed by atoms with Gasteiger partial charge in [0.2, 0.25) is 23.6 Å². The molecular weight excluding hydrogens is 398 g/mol. The van der Waals surface area contributed by atoms with Crippen LogP contribution in [0, 0.1) is 5.41 Å². The van der Waals surface area contributed by atoms with E-state index in [1.807, 2.05) is 0 Å². The second kappa shape index (κ2) is 6.91. The molecule has 0 aromatic heterocycles. The molecule has 3 saturated heterocycles. The van der Waals surface area contributed by atoms with Crippen LogP contribution in [0.5, 0.6) is 0 Å². The van der Waals surface area contributed by atoms with Gasteiger partial charge in [-0.15, -0.1) is 0 Å². The van der Waals surface area contributed by atoms with E-state index in [9.17, 15) is 34.2 Å². The fourth-order valence-corrected chi connectivity index (χ4v) is 5.19. The maximum atomic E-state index is 13.1. The van der Waals surface area contributed by atoms with Crippen LogP contribution >= 0.6 is 0 Å². The highest BCUT2D eigenvalue weighted by Crippen LogP contribution is 2.53. The zero-order chi connectivity index (χ0) is 22.8. The lowest BCUT2D eigenvalue weighted by Gasteiger charge is -2.54. The fraction of sp³-hybridized carbons (Fsp3) is 0.722. The van der Waals surface area contributed by atoms with Crippen molar-refractivity contribution in [1.29, 1.82) is 0 Å². The lowest BCUT2D eigenvalue weighted by Crippen LogP contribution is -2.77. The van der Waals surface area contributed by atoms with Gasteiger partial charge in [0.15, 0.2) is 0 Å². The highest BCUT2D eigenvalue weighted by atomic mass is 16.3. The molecule has 0 saturated carbocycles. The molecule has 6 atom stereocenters. The second-order valence-corrected chi connectivity index (χ2v) is 8.64. The fourth-order valence-electron chi connectivity index (χ4n) is 5.19. The second-order valence-electron chi connectivity index (χ2n) is 8.64. The Balaban J connectivity index is 1.86. The van der Waals surface area contributed by atoms with Gasteiger partial charge in [0, 0.05) is 20.0 Å². The molecule has 1 unspecified atom stereocenters. The van der Waals surface area contributed by atoms with Crippen LogP contribution in [0.15, 0.2) is 0 Å². The molecule has 0 bridgehead atoms. The largest absolute Gasteiger partial charge is 0.391 e. The number of rotatable bonds is 6. The van der Waals surface area contributed by atoms with Crippen molar-refractivity contribution in [3.8, 4) is 0 Å². The number of β-lactam (4-membered cyclic amide) rings is 2. The van der Waals surface area contributed by atoms with E-state index < -0.39 is 64.8 Å². The highest BCUT2D eigenvalue weighted by Gasteiger charge is 2.72. The predicted molar refractivity (Wildman–Crippen MR) is 99.9 cm³/mol. The Kier molecular flexibility index (Phi) is 5.06. The Morgan fingerprint density at radius 1 is 0.900 bits per heavy atom. The lowest BCUT2D eigenvalue weighted by molar-refractivity contribution is -0.177. The Morgan fingerprint density at radius 3 is 1.70 bits per heavy atom. The number of aliphatic hydroxyl groups excluding tert-OH is 2. The van der Waals surface area contributed by atoms with Crippen LogP contribution in [0.1, 0.15) is 27.2 Å². The van der Waals surface area contributed by atoms with Gasteiger partial charge in [-0.05, 0) is 20.3 Å². The van der Waals surface area contributed by atoms with Gasteiger partial charge in [0.05, 0.1) is 24.2 Å². The summed E-state index contributed by atoms with van der Waals surface area (Å²) in [4.78, 5) is 65.3. The summed E-state index contributed by atoms with van der Waals surface area (Å²) in [5, 5.41) is 19.7. The van der Waals surface area contributed by atoms with Gasteiger partial charge in [-0.1, -0.05) is 0 Å².